The highest BCUT2D eigenvalue weighted by atomic mass is 35.5. The van der Waals surface area contributed by atoms with Gasteiger partial charge in [0.05, 0.1) is 10.6 Å². The Morgan fingerprint density at radius 2 is 1.61 bits per heavy atom. The highest BCUT2D eigenvalue weighted by molar-refractivity contribution is 6.31. The van der Waals surface area contributed by atoms with Gasteiger partial charge in [-0.25, -0.2) is 4.79 Å². The number of carbonyl (C=O) groups excluding carboxylic acids is 2. The molecule has 1 N–H and O–H groups in total. The molecule has 0 spiro atoms. The van der Waals surface area contributed by atoms with Crippen molar-refractivity contribution in [1.29, 1.82) is 0 Å². The maximum atomic E-state index is 12.9. The zero-order valence-corrected chi connectivity index (χ0v) is 16.2. The Morgan fingerprint density at radius 3 is 2.21 bits per heavy atom. The number of nitrogens with one attached hydrogen (secondary N) is 1. The van der Waals surface area contributed by atoms with Crippen LogP contribution in [-0.4, -0.2) is 47.9 Å². The van der Waals surface area contributed by atoms with Crippen molar-refractivity contribution in [3.05, 3.63) is 28.8 Å². The summed E-state index contributed by atoms with van der Waals surface area (Å²) >= 11 is 5.60. The van der Waals surface area contributed by atoms with Gasteiger partial charge in [0.25, 0.3) is 0 Å². The minimum atomic E-state index is -4.59. The fraction of sp³-hybridized carbons (Fsp3) is 0.579. The van der Waals surface area contributed by atoms with E-state index in [2.05, 4.69) is 5.32 Å². The molecule has 2 aliphatic rings. The van der Waals surface area contributed by atoms with Crippen LogP contribution in [0.4, 0.5) is 23.7 Å². The minimum absolute atomic E-state index is 0.0300. The van der Waals surface area contributed by atoms with E-state index in [0.717, 1.165) is 37.8 Å². The number of alkyl halides is 3. The molecule has 1 aromatic carbocycles. The van der Waals surface area contributed by atoms with Crippen LogP contribution in [0.1, 0.15) is 37.7 Å². The smallest absolute Gasteiger partial charge is 0.339 e. The Kier molecular flexibility index (Phi) is 6.37. The summed E-state index contributed by atoms with van der Waals surface area (Å²) in [7, 11) is 0. The Labute approximate surface area is 166 Å². The number of amides is 3. The molecule has 28 heavy (non-hydrogen) atoms. The predicted molar refractivity (Wildman–Crippen MR) is 100 cm³/mol. The van der Waals surface area contributed by atoms with Crippen LogP contribution in [0.15, 0.2) is 18.2 Å². The third-order valence-electron chi connectivity index (χ3n) is 5.36. The zero-order valence-electron chi connectivity index (χ0n) is 15.4. The van der Waals surface area contributed by atoms with E-state index in [4.69, 9.17) is 11.6 Å². The molecule has 1 saturated carbocycles. The summed E-state index contributed by atoms with van der Waals surface area (Å²) in [5.41, 5.74) is -0.961. The van der Waals surface area contributed by atoms with Gasteiger partial charge in [-0.15, -0.1) is 0 Å². The first-order valence-corrected chi connectivity index (χ1v) is 9.85. The highest BCUT2D eigenvalue weighted by Gasteiger charge is 2.34. The summed E-state index contributed by atoms with van der Waals surface area (Å²) in [6.07, 6.45) is 0.607. The van der Waals surface area contributed by atoms with E-state index in [1.807, 2.05) is 0 Å². The van der Waals surface area contributed by atoms with Crippen molar-refractivity contribution in [3.63, 3.8) is 0 Å². The van der Waals surface area contributed by atoms with Crippen LogP contribution >= 0.6 is 11.6 Å². The van der Waals surface area contributed by atoms with Gasteiger partial charge in [-0.05, 0) is 31.0 Å². The van der Waals surface area contributed by atoms with Gasteiger partial charge in [-0.1, -0.05) is 30.9 Å². The van der Waals surface area contributed by atoms with Crippen LogP contribution in [0.3, 0.4) is 0 Å². The number of piperazine rings is 1. The van der Waals surface area contributed by atoms with Crippen LogP contribution < -0.4 is 5.32 Å². The maximum Gasteiger partial charge on any atom is 0.417 e. The Bertz CT molecular complexity index is 728. The third kappa shape index (κ3) is 4.90. The Balaban J connectivity index is 1.55. The average Bonchev–Trinajstić information content (AvgIpc) is 2.69. The van der Waals surface area contributed by atoms with Gasteiger partial charge in [-0.3, -0.25) is 4.79 Å². The molecular formula is C19H23ClF3N3O2. The summed E-state index contributed by atoms with van der Waals surface area (Å²) in [5.74, 6) is 0.247. The van der Waals surface area contributed by atoms with E-state index in [-0.39, 0.29) is 17.5 Å². The van der Waals surface area contributed by atoms with Crippen molar-refractivity contribution >= 4 is 29.2 Å². The quantitative estimate of drug-likeness (QED) is 0.763. The number of carbonyl (C=O) groups is 2. The summed E-state index contributed by atoms with van der Waals surface area (Å²) in [6, 6.07) is 2.78. The molecular weight excluding hydrogens is 395 g/mol. The molecule has 0 bridgehead atoms. The number of hydrogen-bond donors (Lipinski definition) is 1. The third-order valence-corrected chi connectivity index (χ3v) is 5.69. The maximum absolute atomic E-state index is 12.9. The lowest BCUT2D eigenvalue weighted by Crippen LogP contribution is -2.53. The number of hydrogen-bond acceptors (Lipinski definition) is 2. The molecule has 1 heterocycles. The van der Waals surface area contributed by atoms with E-state index in [0.29, 0.717) is 26.2 Å². The largest absolute Gasteiger partial charge is 0.417 e. The van der Waals surface area contributed by atoms with Crippen LogP contribution in [0.2, 0.25) is 5.02 Å². The second-order valence-corrected chi connectivity index (χ2v) is 7.68. The number of benzene rings is 1. The van der Waals surface area contributed by atoms with Gasteiger partial charge >= 0.3 is 12.2 Å². The van der Waals surface area contributed by atoms with Gasteiger partial charge in [0.2, 0.25) is 5.91 Å². The number of halogens is 4. The summed E-state index contributed by atoms with van der Waals surface area (Å²) in [5, 5.41) is 2.07. The Hall–Kier alpha value is -1.96. The normalized spacial score (nSPS) is 18.9. The highest BCUT2D eigenvalue weighted by Crippen LogP contribution is 2.36. The molecule has 0 atom stereocenters. The fourth-order valence-corrected chi connectivity index (χ4v) is 3.99. The van der Waals surface area contributed by atoms with Crippen LogP contribution in [0, 0.1) is 5.92 Å². The van der Waals surface area contributed by atoms with Crippen LogP contribution in [0.25, 0.3) is 0 Å². The summed E-state index contributed by atoms with van der Waals surface area (Å²) in [4.78, 5) is 28.3. The number of rotatable bonds is 2. The summed E-state index contributed by atoms with van der Waals surface area (Å²) in [6.45, 7) is 1.59. The zero-order chi connectivity index (χ0) is 20.3. The van der Waals surface area contributed by atoms with Crippen molar-refractivity contribution in [1.82, 2.24) is 9.80 Å². The lowest BCUT2D eigenvalue weighted by molar-refractivity contribution is -0.138. The van der Waals surface area contributed by atoms with Gasteiger partial charge in [0.15, 0.2) is 0 Å². The molecule has 1 aliphatic heterocycles. The average molecular weight is 418 g/mol. The first-order chi connectivity index (χ1) is 13.3. The van der Waals surface area contributed by atoms with Crippen LogP contribution in [-0.2, 0) is 11.0 Å². The second-order valence-electron chi connectivity index (χ2n) is 7.27. The fourth-order valence-electron chi connectivity index (χ4n) is 3.76. The van der Waals surface area contributed by atoms with Gasteiger partial charge in [-0.2, -0.15) is 13.2 Å². The van der Waals surface area contributed by atoms with E-state index in [1.165, 1.54) is 17.4 Å². The first kappa shape index (κ1) is 20.8. The summed E-state index contributed by atoms with van der Waals surface area (Å²) < 4.78 is 38.8. The lowest BCUT2D eigenvalue weighted by atomic mass is 9.88. The number of nitrogens with zero attached hydrogens (tertiary/aromatic N) is 2. The van der Waals surface area contributed by atoms with Crippen molar-refractivity contribution in [3.8, 4) is 0 Å². The molecule has 3 rings (SSSR count). The monoisotopic (exact) mass is 417 g/mol. The molecule has 9 heteroatoms. The van der Waals surface area contributed by atoms with E-state index in [1.54, 1.807) is 4.90 Å². The molecule has 1 aliphatic carbocycles. The minimum Gasteiger partial charge on any atom is -0.339 e. The van der Waals surface area contributed by atoms with Gasteiger partial charge in [0.1, 0.15) is 0 Å². The van der Waals surface area contributed by atoms with E-state index >= 15 is 0 Å². The molecule has 1 aromatic rings. The van der Waals surface area contributed by atoms with E-state index < -0.39 is 22.8 Å². The van der Waals surface area contributed by atoms with Crippen molar-refractivity contribution < 1.29 is 22.8 Å². The standard InChI is InChI=1S/C19H23ClF3N3O2/c20-16-7-6-14(12-15(16)19(21,22)23)24-18(28)26-10-8-25(9-11-26)17(27)13-4-2-1-3-5-13/h6-7,12-13H,1-5,8-11H2,(H,24,28). The Morgan fingerprint density at radius 1 is 1.00 bits per heavy atom. The SMILES string of the molecule is O=C(Nc1ccc(Cl)c(C(F)(F)F)c1)N1CCN(C(=O)C2CCCCC2)CC1. The van der Waals surface area contributed by atoms with Gasteiger partial charge in [0, 0.05) is 37.8 Å². The van der Waals surface area contributed by atoms with Crippen molar-refractivity contribution in [2.24, 2.45) is 5.92 Å². The van der Waals surface area contributed by atoms with Crippen molar-refractivity contribution in [2.75, 3.05) is 31.5 Å². The predicted octanol–water partition coefficient (Wildman–Crippen LogP) is 4.62. The number of anilines is 1. The molecule has 2 fully saturated rings. The molecule has 0 aromatic heterocycles. The van der Waals surface area contributed by atoms with Crippen molar-refractivity contribution in [2.45, 2.75) is 38.3 Å². The first-order valence-electron chi connectivity index (χ1n) is 9.47. The molecule has 0 radical (unpaired) electrons. The molecule has 154 valence electrons. The molecule has 1 saturated heterocycles. The van der Waals surface area contributed by atoms with Crippen LogP contribution in [0.5, 0.6) is 0 Å². The topological polar surface area (TPSA) is 52.7 Å². The lowest BCUT2D eigenvalue weighted by Gasteiger charge is -2.37. The molecule has 5 nitrogen and oxygen atoms in total. The number of urea groups is 1. The van der Waals surface area contributed by atoms with Gasteiger partial charge < -0.3 is 15.1 Å². The van der Waals surface area contributed by atoms with E-state index in [9.17, 15) is 22.8 Å². The molecule has 0 unspecified atom stereocenters. The molecule has 3 amide bonds. The second kappa shape index (κ2) is 8.59.